The number of ether oxygens (including phenoxy) is 1. The number of carbonyl (C=O) groups is 2. The molecule has 1 aromatic heterocycles. The molecule has 0 radical (unpaired) electrons. The molecular formula is C16H14ClNO4. The van der Waals surface area contributed by atoms with Crippen molar-refractivity contribution >= 4 is 29.6 Å². The number of amides is 1. The van der Waals surface area contributed by atoms with E-state index in [2.05, 4.69) is 5.32 Å². The molecule has 0 spiro atoms. The Hall–Kier alpha value is -2.53. The summed E-state index contributed by atoms with van der Waals surface area (Å²) in [4.78, 5) is 23.0. The first-order valence-electron chi connectivity index (χ1n) is 6.53. The number of nitrogens with one attached hydrogen (secondary N) is 1. The Morgan fingerprint density at radius 2 is 2.00 bits per heavy atom. The van der Waals surface area contributed by atoms with E-state index in [1.54, 1.807) is 42.5 Å². The van der Waals surface area contributed by atoms with E-state index in [0.717, 1.165) is 5.56 Å². The quantitative estimate of drug-likeness (QED) is 0.656. The minimum absolute atomic E-state index is 0.254. The maximum Gasteiger partial charge on any atom is 0.331 e. The normalized spacial score (nSPS) is 10.6. The maximum atomic E-state index is 11.5. The molecule has 1 N–H and O–H groups in total. The van der Waals surface area contributed by atoms with E-state index < -0.39 is 11.9 Å². The largest absolute Gasteiger partial charge is 0.467 e. The highest BCUT2D eigenvalue weighted by molar-refractivity contribution is 6.30. The summed E-state index contributed by atoms with van der Waals surface area (Å²) in [6.07, 6.45) is 4.35. The second kappa shape index (κ2) is 8.05. The average Bonchev–Trinajstić information content (AvgIpc) is 3.04. The van der Waals surface area contributed by atoms with Gasteiger partial charge in [-0.3, -0.25) is 4.79 Å². The van der Waals surface area contributed by atoms with Crippen molar-refractivity contribution < 1.29 is 18.7 Å². The summed E-state index contributed by atoms with van der Waals surface area (Å²) < 4.78 is 9.89. The summed E-state index contributed by atoms with van der Waals surface area (Å²) in [5.41, 5.74) is 0.809. The van der Waals surface area contributed by atoms with Gasteiger partial charge in [-0.2, -0.15) is 0 Å². The Labute approximate surface area is 132 Å². The zero-order chi connectivity index (χ0) is 15.8. The number of carbonyl (C=O) groups excluding carboxylic acids is 2. The van der Waals surface area contributed by atoms with Gasteiger partial charge in [0.1, 0.15) is 5.76 Å². The molecule has 5 nitrogen and oxygen atoms in total. The van der Waals surface area contributed by atoms with E-state index in [1.807, 2.05) is 0 Å². The van der Waals surface area contributed by atoms with Gasteiger partial charge >= 0.3 is 5.97 Å². The van der Waals surface area contributed by atoms with Crippen LogP contribution in [0.3, 0.4) is 0 Å². The zero-order valence-corrected chi connectivity index (χ0v) is 12.4. The lowest BCUT2D eigenvalue weighted by atomic mass is 10.2. The molecule has 114 valence electrons. The summed E-state index contributed by atoms with van der Waals surface area (Å²) in [6.45, 7) is -0.0888. The van der Waals surface area contributed by atoms with Gasteiger partial charge in [0.05, 0.1) is 12.8 Å². The summed E-state index contributed by atoms with van der Waals surface area (Å²) in [6, 6.07) is 10.4. The fourth-order valence-electron chi connectivity index (χ4n) is 1.57. The Bertz CT molecular complexity index is 647. The third-order valence-corrected chi connectivity index (χ3v) is 2.92. The highest BCUT2D eigenvalue weighted by atomic mass is 35.5. The second-order valence-corrected chi connectivity index (χ2v) is 4.79. The molecule has 0 aliphatic heterocycles. The number of rotatable bonds is 6. The van der Waals surface area contributed by atoms with Gasteiger partial charge in [-0.1, -0.05) is 23.7 Å². The van der Waals surface area contributed by atoms with E-state index in [1.165, 1.54) is 12.3 Å². The molecule has 2 aromatic rings. The predicted molar refractivity (Wildman–Crippen MR) is 82.0 cm³/mol. The van der Waals surface area contributed by atoms with Crippen LogP contribution >= 0.6 is 11.6 Å². The van der Waals surface area contributed by atoms with Crippen LogP contribution in [0.4, 0.5) is 0 Å². The van der Waals surface area contributed by atoms with Crippen LogP contribution in [-0.4, -0.2) is 18.5 Å². The molecular weight excluding hydrogens is 306 g/mol. The third kappa shape index (κ3) is 5.46. The molecule has 6 heteroatoms. The van der Waals surface area contributed by atoms with E-state index in [9.17, 15) is 9.59 Å². The molecule has 1 heterocycles. The Morgan fingerprint density at radius 3 is 2.68 bits per heavy atom. The van der Waals surface area contributed by atoms with Crippen LogP contribution in [0.2, 0.25) is 5.02 Å². The van der Waals surface area contributed by atoms with Crippen molar-refractivity contribution in [3.8, 4) is 0 Å². The van der Waals surface area contributed by atoms with Gasteiger partial charge in [-0.05, 0) is 35.9 Å². The minimum atomic E-state index is -0.594. The molecule has 0 bridgehead atoms. The molecule has 0 aliphatic carbocycles. The molecule has 2 rings (SSSR count). The first kappa shape index (κ1) is 15.9. The van der Waals surface area contributed by atoms with Crippen LogP contribution in [0.25, 0.3) is 6.08 Å². The second-order valence-electron chi connectivity index (χ2n) is 4.35. The van der Waals surface area contributed by atoms with Gasteiger partial charge in [0.15, 0.2) is 6.61 Å². The number of benzene rings is 1. The molecule has 1 aromatic carbocycles. The molecule has 0 fully saturated rings. The van der Waals surface area contributed by atoms with Crippen LogP contribution in [0.5, 0.6) is 0 Å². The molecule has 22 heavy (non-hydrogen) atoms. The van der Waals surface area contributed by atoms with Crippen molar-refractivity contribution in [2.24, 2.45) is 0 Å². The summed E-state index contributed by atoms with van der Waals surface area (Å²) >= 11 is 5.76. The molecule has 0 saturated heterocycles. The van der Waals surface area contributed by atoms with Gasteiger partial charge in [0, 0.05) is 11.1 Å². The standard InChI is InChI=1S/C16H14ClNO4/c17-13-6-3-12(4-7-13)5-8-16(20)22-11-15(19)18-10-14-2-1-9-21-14/h1-9H,10-11H2,(H,18,19). The first-order chi connectivity index (χ1) is 10.6. The Kier molecular flexibility index (Phi) is 5.80. The van der Waals surface area contributed by atoms with Crippen molar-refractivity contribution in [1.82, 2.24) is 5.32 Å². The Morgan fingerprint density at radius 1 is 1.23 bits per heavy atom. The number of furan rings is 1. The zero-order valence-electron chi connectivity index (χ0n) is 11.6. The van der Waals surface area contributed by atoms with Crippen molar-refractivity contribution in [1.29, 1.82) is 0 Å². The summed E-state index contributed by atoms with van der Waals surface area (Å²) in [5, 5.41) is 3.19. The summed E-state index contributed by atoms with van der Waals surface area (Å²) in [7, 11) is 0. The van der Waals surface area contributed by atoms with Gasteiger partial charge in [-0.15, -0.1) is 0 Å². The lowest BCUT2D eigenvalue weighted by molar-refractivity contribution is -0.143. The summed E-state index contributed by atoms with van der Waals surface area (Å²) in [5.74, 6) is -0.366. The van der Waals surface area contributed by atoms with Crippen LogP contribution in [0.1, 0.15) is 11.3 Å². The molecule has 1 amide bonds. The van der Waals surface area contributed by atoms with Crippen LogP contribution in [-0.2, 0) is 20.9 Å². The van der Waals surface area contributed by atoms with E-state index in [4.69, 9.17) is 20.8 Å². The van der Waals surface area contributed by atoms with Crippen molar-refractivity contribution in [2.45, 2.75) is 6.54 Å². The molecule has 0 aliphatic rings. The lowest BCUT2D eigenvalue weighted by Gasteiger charge is -2.03. The third-order valence-electron chi connectivity index (χ3n) is 2.67. The van der Waals surface area contributed by atoms with E-state index in [-0.39, 0.29) is 13.2 Å². The number of esters is 1. The molecule has 0 atom stereocenters. The first-order valence-corrected chi connectivity index (χ1v) is 6.91. The topological polar surface area (TPSA) is 68.5 Å². The molecule has 0 unspecified atom stereocenters. The number of hydrogen-bond acceptors (Lipinski definition) is 4. The number of halogens is 1. The van der Waals surface area contributed by atoms with Gasteiger partial charge in [-0.25, -0.2) is 4.79 Å². The molecule has 0 saturated carbocycles. The fourth-order valence-corrected chi connectivity index (χ4v) is 1.70. The van der Waals surface area contributed by atoms with Gasteiger partial charge in [0.2, 0.25) is 0 Å². The minimum Gasteiger partial charge on any atom is -0.467 e. The van der Waals surface area contributed by atoms with E-state index in [0.29, 0.717) is 10.8 Å². The van der Waals surface area contributed by atoms with Gasteiger partial charge < -0.3 is 14.5 Å². The average molecular weight is 320 g/mol. The van der Waals surface area contributed by atoms with E-state index >= 15 is 0 Å². The highest BCUT2D eigenvalue weighted by Crippen LogP contribution is 2.10. The lowest BCUT2D eigenvalue weighted by Crippen LogP contribution is -2.27. The number of hydrogen-bond donors (Lipinski definition) is 1. The predicted octanol–water partition coefficient (Wildman–Crippen LogP) is 2.81. The van der Waals surface area contributed by atoms with Crippen LogP contribution in [0, 0.1) is 0 Å². The SMILES string of the molecule is O=C(COC(=O)C=Cc1ccc(Cl)cc1)NCc1ccco1. The Balaban J connectivity index is 1.70. The van der Waals surface area contributed by atoms with Crippen LogP contribution < -0.4 is 5.32 Å². The highest BCUT2D eigenvalue weighted by Gasteiger charge is 2.05. The fraction of sp³-hybridized carbons (Fsp3) is 0.125. The van der Waals surface area contributed by atoms with Crippen molar-refractivity contribution in [2.75, 3.05) is 6.61 Å². The maximum absolute atomic E-state index is 11.5. The smallest absolute Gasteiger partial charge is 0.331 e. The monoisotopic (exact) mass is 319 g/mol. The van der Waals surface area contributed by atoms with Crippen LogP contribution in [0.15, 0.2) is 53.2 Å². The van der Waals surface area contributed by atoms with Gasteiger partial charge in [0.25, 0.3) is 5.91 Å². The van der Waals surface area contributed by atoms with Crippen molar-refractivity contribution in [3.63, 3.8) is 0 Å². The van der Waals surface area contributed by atoms with Crippen molar-refractivity contribution in [3.05, 3.63) is 65.1 Å².